The van der Waals surface area contributed by atoms with E-state index in [-0.39, 0.29) is 6.61 Å². The molecule has 0 atom stereocenters. The smallest absolute Gasteiger partial charge is 0.142 e. The maximum absolute atomic E-state index is 13.1. The fraction of sp³-hybridized carbons (Fsp3) is 0.615. The second-order valence-electron chi connectivity index (χ2n) is 4.62. The Hall–Kier alpha value is -1.20. The van der Waals surface area contributed by atoms with Gasteiger partial charge in [-0.05, 0) is 19.0 Å². The third kappa shape index (κ3) is 2.97. The first-order valence-corrected chi connectivity index (χ1v) is 6.47. The van der Waals surface area contributed by atoms with Crippen LogP contribution in [0.2, 0.25) is 0 Å². The van der Waals surface area contributed by atoms with E-state index in [1.807, 2.05) is 0 Å². The number of anilines is 1. The van der Waals surface area contributed by atoms with E-state index < -0.39 is 5.82 Å². The molecule has 1 fully saturated rings. The molecule has 1 saturated heterocycles. The first-order chi connectivity index (χ1) is 8.74. The Balaban J connectivity index is 2.05. The van der Waals surface area contributed by atoms with Crippen LogP contribution in [0.4, 0.5) is 10.2 Å². The van der Waals surface area contributed by atoms with E-state index >= 15 is 0 Å². The maximum Gasteiger partial charge on any atom is 0.142 e. The van der Waals surface area contributed by atoms with Gasteiger partial charge in [0, 0.05) is 31.7 Å². The van der Waals surface area contributed by atoms with E-state index in [0.29, 0.717) is 5.56 Å². The Labute approximate surface area is 107 Å². The molecule has 1 aliphatic heterocycles. The minimum Gasteiger partial charge on any atom is -0.392 e. The molecule has 1 aliphatic rings. The van der Waals surface area contributed by atoms with Crippen LogP contribution in [-0.4, -0.2) is 47.7 Å². The molecule has 0 spiro atoms. The number of aliphatic hydroxyl groups is 1. The Bertz CT molecular complexity index is 392. The van der Waals surface area contributed by atoms with Gasteiger partial charge in [-0.25, -0.2) is 9.37 Å². The van der Waals surface area contributed by atoms with Crippen molar-refractivity contribution < 1.29 is 9.50 Å². The molecule has 1 aromatic heterocycles. The first kappa shape index (κ1) is 13.2. The van der Waals surface area contributed by atoms with Crippen LogP contribution in [0.25, 0.3) is 0 Å². The molecule has 1 aromatic rings. The van der Waals surface area contributed by atoms with Gasteiger partial charge in [0.1, 0.15) is 11.6 Å². The number of pyridine rings is 1. The molecule has 0 aromatic carbocycles. The normalized spacial score (nSPS) is 17.2. The second-order valence-corrected chi connectivity index (χ2v) is 4.62. The predicted molar refractivity (Wildman–Crippen MR) is 69.1 cm³/mol. The molecule has 1 N–H and O–H groups in total. The number of halogens is 1. The summed E-state index contributed by atoms with van der Waals surface area (Å²) < 4.78 is 13.1. The second kappa shape index (κ2) is 6.11. The van der Waals surface area contributed by atoms with Crippen molar-refractivity contribution in [3.63, 3.8) is 0 Å². The monoisotopic (exact) mass is 253 g/mol. The van der Waals surface area contributed by atoms with Gasteiger partial charge >= 0.3 is 0 Å². The molecule has 0 bridgehead atoms. The molecule has 18 heavy (non-hydrogen) atoms. The van der Waals surface area contributed by atoms with E-state index in [0.717, 1.165) is 45.0 Å². The first-order valence-electron chi connectivity index (χ1n) is 6.47. The number of aliphatic hydroxyl groups excluding tert-OH is 1. The summed E-state index contributed by atoms with van der Waals surface area (Å²) in [4.78, 5) is 8.65. The van der Waals surface area contributed by atoms with Crippen LogP contribution in [0, 0.1) is 5.82 Å². The van der Waals surface area contributed by atoms with Crippen LogP contribution in [0.5, 0.6) is 0 Å². The fourth-order valence-corrected chi connectivity index (χ4v) is 2.37. The van der Waals surface area contributed by atoms with Crippen molar-refractivity contribution in [1.82, 2.24) is 9.88 Å². The number of aromatic nitrogens is 1. The summed E-state index contributed by atoms with van der Waals surface area (Å²) in [6.45, 7) is 6.89. The zero-order chi connectivity index (χ0) is 13.0. The average Bonchev–Trinajstić information content (AvgIpc) is 2.40. The van der Waals surface area contributed by atoms with Crippen molar-refractivity contribution in [3.05, 3.63) is 23.6 Å². The lowest BCUT2D eigenvalue weighted by molar-refractivity contribution is 0.255. The number of nitrogens with zero attached hydrogens (tertiary/aromatic N) is 3. The Morgan fingerprint density at radius 3 is 2.67 bits per heavy atom. The molecule has 5 heteroatoms. The molecular formula is C13H20FN3O. The van der Waals surface area contributed by atoms with Gasteiger partial charge in [-0.3, -0.25) is 4.90 Å². The Morgan fingerprint density at radius 2 is 2.06 bits per heavy atom. The summed E-state index contributed by atoms with van der Waals surface area (Å²) in [6, 6.07) is 1.36. The van der Waals surface area contributed by atoms with Crippen molar-refractivity contribution in [1.29, 1.82) is 0 Å². The molecule has 0 amide bonds. The third-order valence-corrected chi connectivity index (χ3v) is 3.29. The van der Waals surface area contributed by atoms with E-state index in [1.54, 1.807) is 0 Å². The lowest BCUT2D eigenvalue weighted by atomic mass is 10.2. The minimum absolute atomic E-state index is 0.171. The molecule has 0 saturated carbocycles. The zero-order valence-electron chi connectivity index (χ0n) is 10.8. The maximum atomic E-state index is 13.1. The third-order valence-electron chi connectivity index (χ3n) is 3.29. The van der Waals surface area contributed by atoms with Crippen molar-refractivity contribution in [3.8, 4) is 0 Å². The van der Waals surface area contributed by atoms with Gasteiger partial charge < -0.3 is 10.0 Å². The van der Waals surface area contributed by atoms with Crippen LogP contribution < -0.4 is 4.90 Å². The number of rotatable bonds is 4. The van der Waals surface area contributed by atoms with Gasteiger partial charge in [0.05, 0.1) is 12.8 Å². The van der Waals surface area contributed by atoms with Crippen LogP contribution in [-0.2, 0) is 6.61 Å². The van der Waals surface area contributed by atoms with E-state index in [2.05, 4.69) is 21.7 Å². The summed E-state index contributed by atoms with van der Waals surface area (Å²) in [5, 5.41) is 9.27. The summed E-state index contributed by atoms with van der Waals surface area (Å²) in [6.07, 6.45) is 2.38. The summed E-state index contributed by atoms with van der Waals surface area (Å²) >= 11 is 0. The van der Waals surface area contributed by atoms with Crippen molar-refractivity contribution in [2.24, 2.45) is 0 Å². The number of hydrogen-bond acceptors (Lipinski definition) is 4. The Kier molecular flexibility index (Phi) is 4.49. The van der Waals surface area contributed by atoms with Crippen LogP contribution >= 0.6 is 0 Å². The number of hydrogen-bond donors (Lipinski definition) is 1. The zero-order valence-corrected chi connectivity index (χ0v) is 10.8. The van der Waals surface area contributed by atoms with E-state index in [9.17, 15) is 9.50 Å². The molecule has 0 unspecified atom stereocenters. The minimum atomic E-state index is -0.396. The van der Waals surface area contributed by atoms with Crippen molar-refractivity contribution in [2.45, 2.75) is 20.0 Å². The average molecular weight is 253 g/mol. The summed E-state index contributed by atoms with van der Waals surface area (Å²) in [5.41, 5.74) is 0.568. The topological polar surface area (TPSA) is 39.6 Å². The van der Waals surface area contributed by atoms with Crippen molar-refractivity contribution in [2.75, 3.05) is 37.6 Å². The SMILES string of the molecule is CCCN1CCN(c2ncc(F)cc2CO)CC1. The summed E-state index contributed by atoms with van der Waals surface area (Å²) in [7, 11) is 0. The molecule has 100 valence electrons. The van der Waals surface area contributed by atoms with E-state index in [4.69, 9.17) is 0 Å². The lowest BCUT2D eigenvalue weighted by Crippen LogP contribution is -2.47. The van der Waals surface area contributed by atoms with Crippen LogP contribution in [0.3, 0.4) is 0 Å². The fourth-order valence-electron chi connectivity index (χ4n) is 2.37. The van der Waals surface area contributed by atoms with Crippen LogP contribution in [0.15, 0.2) is 12.3 Å². The standard InChI is InChI=1S/C13H20FN3O/c1-2-3-16-4-6-17(7-5-16)13-11(10-18)8-12(14)9-15-13/h8-9,18H,2-7,10H2,1H3. The summed E-state index contributed by atoms with van der Waals surface area (Å²) in [5.74, 6) is 0.322. The van der Waals surface area contributed by atoms with Gasteiger partial charge in [-0.15, -0.1) is 0 Å². The molecule has 0 radical (unpaired) electrons. The highest BCUT2D eigenvalue weighted by Gasteiger charge is 2.19. The van der Waals surface area contributed by atoms with Gasteiger partial charge in [-0.2, -0.15) is 0 Å². The van der Waals surface area contributed by atoms with Gasteiger partial charge in [0.15, 0.2) is 0 Å². The number of piperazine rings is 1. The lowest BCUT2D eigenvalue weighted by Gasteiger charge is -2.35. The Morgan fingerprint density at radius 1 is 1.33 bits per heavy atom. The quantitative estimate of drug-likeness (QED) is 0.876. The van der Waals surface area contributed by atoms with Gasteiger partial charge in [-0.1, -0.05) is 6.92 Å². The molecular weight excluding hydrogens is 233 g/mol. The molecule has 2 rings (SSSR count). The van der Waals surface area contributed by atoms with Gasteiger partial charge in [0.2, 0.25) is 0 Å². The highest BCUT2D eigenvalue weighted by atomic mass is 19.1. The predicted octanol–water partition coefficient (Wildman–Crippen LogP) is 1.25. The highest BCUT2D eigenvalue weighted by Crippen LogP contribution is 2.20. The van der Waals surface area contributed by atoms with E-state index in [1.165, 1.54) is 12.3 Å². The molecule has 2 heterocycles. The van der Waals surface area contributed by atoms with Crippen LogP contribution in [0.1, 0.15) is 18.9 Å². The van der Waals surface area contributed by atoms with Crippen molar-refractivity contribution >= 4 is 5.82 Å². The van der Waals surface area contributed by atoms with Gasteiger partial charge in [0.25, 0.3) is 0 Å². The highest BCUT2D eigenvalue weighted by molar-refractivity contribution is 5.47. The molecule has 0 aliphatic carbocycles. The molecule has 4 nitrogen and oxygen atoms in total. The largest absolute Gasteiger partial charge is 0.392 e.